The molecule has 0 saturated carbocycles. The van der Waals surface area contributed by atoms with Crippen molar-refractivity contribution in [2.75, 3.05) is 0 Å². The van der Waals surface area contributed by atoms with Gasteiger partial charge in [-0.2, -0.15) is 13.1 Å². The molecule has 0 aliphatic carbocycles. The fourth-order valence-corrected chi connectivity index (χ4v) is 3.66. The zero-order valence-corrected chi connectivity index (χ0v) is 13.6. The van der Waals surface area contributed by atoms with Gasteiger partial charge in [-0.1, -0.05) is 66.7 Å². The Hall–Kier alpha value is -2.63. The normalized spacial score (nSPS) is 15.3. The van der Waals surface area contributed by atoms with Crippen LogP contribution in [-0.2, 0) is 16.8 Å². The lowest BCUT2D eigenvalue weighted by Crippen LogP contribution is -2.32. The first-order valence-corrected chi connectivity index (χ1v) is 9.00. The van der Waals surface area contributed by atoms with Crippen LogP contribution in [0.25, 0.3) is 22.3 Å². The molecule has 120 valence electrons. The molecule has 5 heteroatoms. The highest BCUT2D eigenvalue weighted by Crippen LogP contribution is 2.37. The molecule has 0 atom stereocenters. The third-order valence-corrected chi connectivity index (χ3v) is 4.89. The van der Waals surface area contributed by atoms with E-state index in [9.17, 15) is 8.42 Å². The van der Waals surface area contributed by atoms with Crippen LogP contribution in [-0.4, -0.2) is 8.42 Å². The van der Waals surface area contributed by atoms with Crippen molar-refractivity contribution in [2.45, 2.75) is 6.54 Å². The van der Waals surface area contributed by atoms with Gasteiger partial charge in [0.05, 0.1) is 0 Å². The van der Waals surface area contributed by atoms with Crippen LogP contribution < -0.4 is 8.91 Å². The molecule has 4 rings (SSSR count). The highest BCUT2D eigenvalue weighted by molar-refractivity contribution is 7.85. The Kier molecular flexibility index (Phi) is 3.59. The minimum absolute atomic E-state index is 0.240. The number of nitrogens with one attached hydrogen (secondary N) is 1. The van der Waals surface area contributed by atoms with Crippen molar-refractivity contribution in [2.24, 2.45) is 0 Å². The smallest absolute Gasteiger partial charge is 0.370 e. The summed E-state index contributed by atoms with van der Waals surface area (Å²) in [6, 6.07) is 23.7. The molecule has 1 heterocycles. The highest BCUT2D eigenvalue weighted by atomic mass is 32.2. The molecular formula is C19H15NO3S. The molecule has 24 heavy (non-hydrogen) atoms. The van der Waals surface area contributed by atoms with Crippen LogP contribution in [0.2, 0.25) is 0 Å². The van der Waals surface area contributed by atoms with E-state index in [0.717, 1.165) is 27.8 Å². The van der Waals surface area contributed by atoms with Crippen LogP contribution >= 0.6 is 0 Å². The van der Waals surface area contributed by atoms with Gasteiger partial charge in [0.15, 0.2) is 5.75 Å². The van der Waals surface area contributed by atoms with Gasteiger partial charge in [-0.3, -0.25) is 0 Å². The van der Waals surface area contributed by atoms with Gasteiger partial charge >= 0.3 is 10.3 Å². The average molecular weight is 337 g/mol. The molecular weight excluding hydrogens is 322 g/mol. The maximum Gasteiger partial charge on any atom is 0.382 e. The summed E-state index contributed by atoms with van der Waals surface area (Å²) in [7, 11) is -3.74. The monoisotopic (exact) mass is 337 g/mol. The van der Waals surface area contributed by atoms with E-state index in [-0.39, 0.29) is 6.54 Å². The summed E-state index contributed by atoms with van der Waals surface area (Å²) in [5.74, 6) is 0.404. The van der Waals surface area contributed by atoms with Crippen LogP contribution in [0.4, 0.5) is 0 Å². The third kappa shape index (κ3) is 2.79. The van der Waals surface area contributed by atoms with E-state index in [0.29, 0.717) is 5.75 Å². The first-order valence-electron chi connectivity index (χ1n) is 7.59. The van der Waals surface area contributed by atoms with Crippen LogP contribution in [0.1, 0.15) is 5.56 Å². The van der Waals surface area contributed by atoms with E-state index in [1.807, 2.05) is 72.8 Å². The van der Waals surface area contributed by atoms with E-state index in [1.54, 1.807) is 0 Å². The SMILES string of the molecule is O=S1(=O)NCc2cccc(-c3cccc(-c4ccccc4)c3)c2O1. The summed E-state index contributed by atoms with van der Waals surface area (Å²) in [6.45, 7) is 0.240. The summed E-state index contributed by atoms with van der Waals surface area (Å²) in [5, 5.41) is 0. The number of benzene rings is 3. The standard InChI is InChI=1S/C19H15NO3S/c21-24(22)20-13-17-10-5-11-18(19(17)23-24)16-9-4-8-15(12-16)14-6-2-1-3-7-14/h1-12,20H,13H2. The molecule has 0 amide bonds. The van der Waals surface area contributed by atoms with Crippen LogP contribution in [0.15, 0.2) is 72.8 Å². The van der Waals surface area contributed by atoms with Crippen molar-refractivity contribution in [3.63, 3.8) is 0 Å². The second kappa shape index (κ2) is 5.78. The largest absolute Gasteiger partial charge is 0.382 e. The topological polar surface area (TPSA) is 55.4 Å². The minimum Gasteiger partial charge on any atom is -0.370 e. The summed E-state index contributed by atoms with van der Waals surface area (Å²) in [5.41, 5.74) is 4.70. The molecule has 1 N–H and O–H groups in total. The molecule has 0 bridgehead atoms. The Balaban J connectivity index is 1.84. The lowest BCUT2D eigenvalue weighted by atomic mass is 9.97. The van der Waals surface area contributed by atoms with Crippen LogP contribution in [0, 0.1) is 0 Å². The number of fused-ring (bicyclic) bond motifs is 1. The van der Waals surface area contributed by atoms with Gasteiger partial charge in [0.2, 0.25) is 0 Å². The van der Waals surface area contributed by atoms with Gasteiger partial charge in [0, 0.05) is 17.7 Å². The molecule has 1 aliphatic heterocycles. The molecule has 0 saturated heterocycles. The predicted molar refractivity (Wildman–Crippen MR) is 93.7 cm³/mol. The van der Waals surface area contributed by atoms with Crippen molar-refractivity contribution >= 4 is 10.3 Å². The molecule has 3 aromatic rings. The number of hydrogen-bond donors (Lipinski definition) is 1. The average Bonchev–Trinajstić information content (AvgIpc) is 2.61. The Bertz CT molecular complexity index is 998. The van der Waals surface area contributed by atoms with E-state index in [1.165, 1.54) is 0 Å². The second-order valence-corrected chi connectivity index (χ2v) is 6.96. The lowest BCUT2D eigenvalue weighted by molar-refractivity contribution is 0.454. The molecule has 0 radical (unpaired) electrons. The lowest BCUT2D eigenvalue weighted by Gasteiger charge is -2.20. The van der Waals surface area contributed by atoms with Crippen molar-refractivity contribution < 1.29 is 12.6 Å². The molecule has 3 aromatic carbocycles. The quantitative estimate of drug-likeness (QED) is 0.775. The maximum absolute atomic E-state index is 11.8. The van der Waals surface area contributed by atoms with Gasteiger partial charge in [-0.15, -0.1) is 0 Å². The number of para-hydroxylation sites is 1. The van der Waals surface area contributed by atoms with Gasteiger partial charge < -0.3 is 4.18 Å². The molecule has 0 unspecified atom stereocenters. The molecule has 0 aromatic heterocycles. The zero-order valence-electron chi connectivity index (χ0n) is 12.8. The van der Waals surface area contributed by atoms with E-state index < -0.39 is 10.3 Å². The molecule has 0 fully saturated rings. The van der Waals surface area contributed by atoms with Gasteiger partial charge in [-0.25, -0.2) is 0 Å². The number of hydrogen-bond acceptors (Lipinski definition) is 3. The first-order chi connectivity index (χ1) is 11.6. The van der Waals surface area contributed by atoms with Crippen molar-refractivity contribution in [1.82, 2.24) is 4.72 Å². The Morgan fingerprint density at radius 1 is 0.792 bits per heavy atom. The summed E-state index contributed by atoms with van der Waals surface area (Å²) in [4.78, 5) is 0. The van der Waals surface area contributed by atoms with E-state index in [2.05, 4.69) is 4.72 Å². The van der Waals surface area contributed by atoms with Crippen LogP contribution in [0.3, 0.4) is 0 Å². The van der Waals surface area contributed by atoms with Crippen molar-refractivity contribution in [1.29, 1.82) is 0 Å². The fraction of sp³-hybridized carbons (Fsp3) is 0.0526. The predicted octanol–water partition coefficient (Wildman–Crippen LogP) is 3.75. The van der Waals surface area contributed by atoms with E-state index >= 15 is 0 Å². The second-order valence-electron chi connectivity index (χ2n) is 5.60. The number of rotatable bonds is 2. The Morgan fingerprint density at radius 3 is 2.33 bits per heavy atom. The van der Waals surface area contributed by atoms with Gasteiger partial charge in [0.1, 0.15) is 0 Å². The fourth-order valence-electron chi connectivity index (χ4n) is 2.85. The van der Waals surface area contributed by atoms with Gasteiger partial charge in [-0.05, 0) is 22.8 Å². The minimum atomic E-state index is -3.74. The molecule has 1 aliphatic rings. The molecule has 0 spiro atoms. The van der Waals surface area contributed by atoms with Crippen molar-refractivity contribution in [3.05, 3.63) is 78.4 Å². The van der Waals surface area contributed by atoms with Crippen LogP contribution in [0.5, 0.6) is 5.75 Å². The Labute approximate surface area is 141 Å². The molecule has 4 nitrogen and oxygen atoms in total. The van der Waals surface area contributed by atoms with E-state index in [4.69, 9.17) is 4.18 Å². The van der Waals surface area contributed by atoms with Crippen molar-refractivity contribution in [3.8, 4) is 28.0 Å². The Morgan fingerprint density at radius 2 is 1.50 bits per heavy atom. The first kappa shape index (κ1) is 14.9. The summed E-state index contributed by atoms with van der Waals surface area (Å²) in [6.07, 6.45) is 0. The zero-order chi connectivity index (χ0) is 16.6. The summed E-state index contributed by atoms with van der Waals surface area (Å²) >= 11 is 0. The van der Waals surface area contributed by atoms with Gasteiger partial charge in [0.25, 0.3) is 0 Å². The highest BCUT2D eigenvalue weighted by Gasteiger charge is 2.24. The summed E-state index contributed by atoms with van der Waals surface area (Å²) < 4.78 is 31.1. The maximum atomic E-state index is 11.8. The third-order valence-electron chi connectivity index (χ3n) is 4.01.